The SMILES string of the molecule is CC(C)Cc1cc(-c2[c-]cccc2)ncc1[Si](C)(C)C.CCn1c(-c2[c-]ccc3c2sc2cc(F)ccc23)nc2ccccc21.[Ir]. The number of nitrogens with zero attached hydrogens (tertiary/aromatic N) is 3. The first-order valence-corrected chi connectivity index (χ1v) is 19.9. The molecule has 0 atom stereocenters. The monoisotopic (exact) mass is 820 g/mol. The smallest absolute Gasteiger partial charge is 0.124 e. The van der Waals surface area contributed by atoms with Gasteiger partial charge in [-0.2, -0.15) is 11.3 Å². The summed E-state index contributed by atoms with van der Waals surface area (Å²) in [5.74, 6) is 1.38. The Hall–Kier alpha value is -3.48. The summed E-state index contributed by atoms with van der Waals surface area (Å²) in [6, 6.07) is 34.1. The van der Waals surface area contributed by atoms with Crippen molar-refractivity contribution in [2.45, 2.75) is 53.4 Å². The van der Waals surface area contributed by atoms with E-state index in [-0.39, 0.29) is 25.9 Å². The quantitative estimate of drug-likeness (QED) is 0.124. The molecule has 3 aromatic heterocycles. The Bertz CT molecular complexity index is 2110. The van der Waals surface area contributed by atoms with Gasteiger partial charge in [0.2, 0.25) is 0 Å². The average Bonchev–Trinajstić information content (AvgIpc) is 3.58. The van der Waals surface area contributed by atoms with Gasteiger partial charge in [0, 0.05) is 37.5 Å². The molecule has 46 heavy (non-hydrogen) atoms. The molecule has 3 heterocycles. The van der Waals surface area contributed by atoms with Crippen molar-refractivity contribution in [3.63, 3.8) is 0 Å². The molecule has 4 aromatic carbocycles. The van der Waals surface area contributed by atoms with Crippen LogP contribution in [0.2, 0.25) is 19.6 Å². The van der Waals surface area contributed by atoms with Gasteiger partial charge in [-0.25, -0.2) is 4.39 Å². The van der Waals surface area contributed by atoms with Gasteiger partial charge in [0.15, 0.2) is 0 Å². The predicted octanol–water partition coefficient (Wildman–Crippen LogP) is 10.3. The predicted molar refractivity (Wildman–Crippen MR) is 193 cm³/mol. The van der Waals surface area contributed by atoms with Crippen molar-refractivity contribution in [1.82, 2.24) is 14.5 Å². The van der Waals surface area contributed by atoms with Crippen molar-refractivity contribution in [3.8, 4) is 22.6 Å². The van der Waals surface area contributed by atoms with Crippen LogP contribution in [-0.2, 0) is 33.1 Å². The molecule has 0 fully saturated rings. The normalized spacial score (nSPS) is 11.6. The van der Waals surface area contributed by atoms with Crippen LogP contribution in [0.1, 0.15) is 26.3 Å². The minimum Gasteiger partial charge on any atom is -0.364 e. The number of imidazole rings is 1. The summed E-state index contributed by atoms with van der Waals surface area (Å²) in [6.45, 7) is 14.7. The molecule has 7 aromatic rings. The summed E-state index contributed by atoms with van der Waals surface area (Å²) in [5, 5.41) is 3.70. The van der Waals surface area contributed by atoms with Crippen molar-refractivity contribution in [3.05, 3.63) is 115 Å². The topological polar surface area (TPSA) is 30.7 Å². The van der Waals surface area contributed by atoms with Gasteiger partial charge in [-0.15, -0.1) is 54.1 Å². The van der Waals surface area contributed by atoms with Crippen LogP contribution in [0.5, 0.6) is 0 Å². The maximum absolute atomic E-state index is 13.6. The van der Waals surface area contributed by atoms with E-state index < -0.39 is 8.07 Å². The van der Waals surface area contributed by atoms with E-state index in [1.807, 2.05) is 48.5 Å². The second-order valence-corrected chi connectivity index (χ2v) is 18.9. The van der Waals surface area contributed by atoms with Gasteiger partial charge in [-0.3, -0.25) is 4.98 Å². The van der Waals surface area contributed by atoms with Crippen LogP contribution in [0, 0.1) is 23.9 Å². The average molecular weight is 820 g/mol. The molecule has 7 heteroatoms. The standard InChI is InChI=1S/C21H14FN2S.C18H24NSi.Ir/c1-2-24-18-9-4-3-8-17(18)23-21(24)16-7-5-6-15-14-11-10-13(22)12-19(14)25-20(15)16;1-14(2)11-16-12-17(15-9-7-6-8-10-15)19-13-18(16)20(3,4)5;/h3-6,8-12H,2H2,1H3;6-9,12-14H,11H2,1-5H3;/q2*-1;. The van der Waals surface area contributed by atoms with Crippen LogP contribution in [0.4, 0.5) is 4.39 Å². The van der Waals surface area contributed by atoms with E-state index in [9.17, 15) is 4.39 Å². The van der Waals surface area contributed by atoms with Crippen molar-refractivity contribution in [1.29, 1.82) is 0 Å². The van der Waals surface area contributed by atoms with Gasteiger partial charge in [-0.1, -0.05) is 74.3 Å². The van der Waals surface area contributed by atoms with Gasteiger partial charge in [0.1, 0.15) is 5.82 Å². The molecule has 0 saturated heterocycles. The second kappa shape index (κ2) is 14.1. The fourth-order valence-corrected chi connectivity index (χ4v) is 8.76. The molecular weight excluding hydrogens is 782 g/mol. The molecule has 0 aliphatic heterocycles. The Kier molecular flexibility index (Phi) is 10.4. The van der Waals surface area contributed by atoms with Crippen LogP contribution in [0.25, 0.3) is 53.9 Å². The molecule has 0 unspecified atom stereocenters. The number of aryl methyl sites for hydroxylation is 1. The van der Waals surface area contributed by atoms with E-state index in [1.54, 1.807) is 17.4 Å². The molecule has 0 N–H and O–H groups in total. The number of para-hydroxylation sites is 2. The maximum Gasteiger partial charge on any atom is 0.124 e. The van der Waals surface area contributed by atoms with Crippen molar-refractivity contribution >= 4 is 55.8 Å². The number of aromatic nitrogens is 3. The van der Waals surface area contributed by atoms with E-state index in [0.717, 1.165) is 66.8 Å². The Balaban J connectivity index is 0.000000182. The Morgan fingerprint density at radius 2 is 1.70 bits per heavy atom. The molecular formula is C39H38FIrN3SSi-2. The van der Waals surface area contributed by atoms with Gasteiger partial charge >= 0.3 is 0 Å². The zero-order valence-electron chi connectivity index (χ0n) is 27.1. The number of pyridine rings is 1. The van der Waals surface area contributed by atoms with Crippen LogP contribution < -0.4 is 5.19 Å². The van der Waals surface area contributed by atoms with Gasteiger partial charge in [0.05, 0.1) is 24.9 Å². The zero-order chi connectivity index (χ0) is 31.7. The summed E-state index contributed by atoms with van der Waals surface area (Å²) in [7, 11) is -1.34. The van der Waals surface area contributed by atoms with E-state index in [4.69, 9.17) is 4.98 Å². The Labute approximate surface area is 289 Å². The minimum atomic E-state index is -1.34. The first kappa shape index (κ1) is 33.9. The van der Waals surface area contributed by atoms with Crippen LogP contribution in [0.3, 0.4) is 0 Å². The zero-order valence-corrected chi connectivity index (χ0v) is 31.3. The molecule has 0 aliphatic rings. The number of rotatable bonds is 6. The van der Waals surface area contributed by atoms with Crippen molar-refractivity contribution < 1.29 is 24.5 Å². The third-order valence-electron chi connectivity index (χ3n) is 8.00. The Morgan fingerprint density at radius 3 is 2.41 bits per heavy atom. The van der Waals surface area contributed by atoms with Gasteiger partial charge in [-0.05, 0) is 64.5 Å². The first-order chi connectivity index (χ1) is 21.6. The fraction of sp³-hybridized carbons (Fsp3) is 0.231. The first-order valence-electron chi connectivity index (χ1n) is 15.6. The number of hydrogen-bond donors (Lipinski definition) is 0. The van der Waals surface area contributed by atoms with Gasteiger partial charge in [0.25, 0.3) is 0 Å². The minimum absolute atomic E-state index is 0. The third kappa shape index (κ3) is 6.93. The molecule has 0 aliphatic carbocycles. The van der Waals surface area contributed by atoms with E-state index in [2.05, 4.69) is 92.6 Å². The molecule has 3 nitrogen and oxygen atoms in total. The summed E-state index contributed by atoms with van der Waals surface area (Å²) in [5.41, 5.74) is 6.69. The van der Waals surface area contributed by atoms with Gasteiger partial charge < -0.3 is 9.55 Å². The number of hydrogen-bond acceptors (Lipinski definition) is 3. The molecule has 237 valence electrons. The molecule has 0 bridgehead atoms. The second-order valence-electron chi connectivity index (χ2n) is 12.9. The molecule has 1 radical (unpaired) electrons. The van der Waals surface area contributed by atoms with E-state index >= 15 is 0 Å². The summed E-state index contributed by atoms with van der Waals surface area (Å²) < 4.78 is 17.9. The fourth-order valence-electron chi connectivity index (χ4n) is 5.95. The number of thiophene rings is 1. The van der Waals surface area contributed by atoms with Crippen LogP contribution in [-0.4, -0.2) is 22.6 Å². The van der Waals surface area contributed by atoms with E-state index in [0.29, 0.717) is 5.92 Å². The summed E-state index contributed by atoms with van der Waals surface area (Å²) in [4.78, 5) is 9.54. The van der Waals surface area contributed by atoms with E-state index in [1.165, 1.54) is 16.8 Å². The number of fused-ring (bicyclic) bond motifs is 4. The molecule has 0 spiro atoms. The number of halogens is 1. The molecule has 0 amide bonds. The van der Waals surface area contributed by atoms with Crippen LogP contribution in [0.15, 0.2) is 91.1 Å². The largest absolute Gasteiger partial charge is 0.364 e. The van der Waals surface area contributed by atoms with Crippen molar-refractivity contribution in [2.75, 3.05) is 0 Å². The van der Waals surface area contributed by atoms with Crippen molar-refractivity contribution in [2.24, 2.45) is 5.92 Å². The summed E-state index contributed by atoms with van der Waals surface area (Å²) >= 11 is 1.60. The maximum atomic E-state index is 13.6. The van der Waals surface area contributed by atoms with Crippen LogP contribution >= 0.6 is 11.3 Å². The number of benzene rings is 4. The molecule has 7 rings (SSSR count). The summed E-state index contributed by atoms with van der Waals surface area (Å²) in [6.07, 6.45) is 3.24. The Morgan fingerprint density at radius 1 is 0.913 bits per heavy atom. The third-order valence-corrected chi connectivity index (χ3v) is 11.3. The molecule has 0 saturated carbocycles.